The fraction of sp³-hybridized carbons (Fsp3) is 0.364. The highest BCUT2D eigenvalue weighted by Gasteiger charge is 2.00. The molecule has 0 aliphatic carbocycles. The molecule has 1 N–H and O–H groups in total. The monoisotopic (exact) mass is 194 g/mol. The lowest BCUT2D eigenvalue weighted by Gasteiger charge is -2.07. The molecule has 3 nitrogen and oxygen atoms in total. The molecular weight excluding hydrogens is 178 g/mol. The third-order valence-corrected chi connectivity index (χ3v) is 1.74. The molecule has 0 aliphatic heterocycles. The number of esters is 1. The van der Waals surface area contributed by atoms with Crippen LogP contribution >= 0.6 is 0 Å². The molecule has 0 aliphatic rings. The highest BCUT2D eigenvalue weighted by atomic mass is 16.5. The van der Waals surface area contributed by atoms with E-state index in [-0.39, 0.29) is 5.97 Å². The lowest BCUT2D eigenvalue weighted by molar-refractivity contribution is -0.872. The van der Waals surface area contributed by atoms with Crippen LogP contribution in [0.3, 0.4) is 0 Å². The van der Waals surface area contributed by atoms with Crippen molar-refractivity contribution in [3.8, 4) is 5.75 Å². The van der Waals surface area contributed by atoms with Crippen LogP contribution in [0.15, 0.2) is 24.3 Å². The topological polar surface area (TPSA) is 30.7 Å². The van der Waals surface area contributed by atoms with E-state index in [9.17, 15) is 4.79 Å². The second-order valence-corrected chi connectivity index (χ2v) is 3.62. The minimum absolute atomic E-state index is 0.281. The molecule has 1 aromatic rings. The van der Waals surface area contributed by atoms with Gasteiger partial charge < -0.3 is 9.64 Å². The van der Waals surface area contributed by atoms with Crippen molar-refractivity contribution in [2.45, 2.75) is 13.5 Å². The third-order valence-electron chi connectivity index (χ3n) is 1.74. The van der Waals surface area contributed by atoms with Crippen molar-refractivity contribution in [3.63, 3.8) is 0 Å². The highest BCUT2D eigenvalue weighted by Crippen LogP contribution is 2.11. The van der Waals surface area contributed by atoms with Gasteiger partial charge in [-0.2, -0.15) is 0 Å². The Morgan fingerprint density at radius 2 is 1.86 bits per heavy atom. The molecule has 14 heavy (non-hydrogen) atoms. The fourth-order valence-electron chi connectivity index (χ4n) is 1.25. The molecule has 0 amide bonds. The summed E-state index contributed by atoms with van der Waals surface area (Å²) in [6.07, 6.45) is 0. The second kappa shape index (κ2) is 4.77. The Morgan fingerprint density at radius 1 is 1.29 bits per heavy atom. The maximum Gasteiger partial charge on any atom is 0.308 e. The number of carbonyl (C=O) groups excluding carboxylic acids is 1. The zero-order valence-corrected chi connectivity index (χ0v) is 8.83. The average Bonchev–Trinajstić information content (AvgIpc) is 2.06. The molecule has 0 aromatic heterocycles. The van der Waals surface area contributed by atoms with Crippen molar-refractivity contribution in [3.05, 3.63) is 29.8 Å². The average molecular weight is 194 g/mol. The molecule has 0 unspecified atom stereocenters. The predicted octanol–water partition coefficient (Wildman–Crippen LogP) is 0.256. The summed E-state index contributed by atoms with van der Waals surface area (Å²) < 4.78 is 4.93. The number of carbonyl (C=O) groups is 1. The van der Waals surface area contributed by atoms with Gasteiger partial charge in [-0.25, -0.2) is 0 Å². The third kappa shape index (κ3) is 3.58. The molecular formula is C11H16NO2+. The molecule has 0 atom stereocenters. The minimum atomic E-state index is -0.281. The van der Waals surface area contributed by atoms with Crippen molar-refractivity contribution in [2.75, 3.05) is 14.1 Å². The summed E-state index contributed by atoms with van der Waals surface area (Å²) in [5.41, 5.74) is 1.24. The van der Waals surface area contributed by atoms with Crippen LogP contribution in [0.1, 0.15) is 12.5 Å². The van der Waals surface area contributed by atoms with E-state index in [2.05, 4.69) is 14.1 Å². The van der Waals surface area contributed by atoms with Crippen LogP contribution in [0.4, 0.5) is 0 Å². The molecule has 0 spiro atoms. The first-order valence-corrected chi connectivity index (χ1v) is 4.64. The molecule has 1 aromatic carbocycles. The molecule has 0 radical (unpaired) electrons. The van der Waals surface area contributed by atoms with Gasteiger partial charge in [0.25, 0.3) is 0 Å². The first-order valence-electron chi connectivity index (χ1n) is 4.64. The molecule has 0 saturated carbocycles. The van der Waals surface area contributed by atoms with E-state index in [0.29, 0.717) is 5.75 Å². The van der Waals surface area contributed by atoms with Gasteiger partial charge >= 0.3 is 5.97 Å². The van der Waals surface area contributed by atoms with Crippen LogP contribution in [0.5, 0.6) is 5.75 Å². The van der Waals surface area contributed by atoms with Gasteiger partial charge in [-0.1, -0.05) is 0 Å². The standard InChI is InChI=1S/C11H15NO2/c1-9(13)14-11-6-4-10(5-7-11)8-12(2)3/h4-7H,8H2,1-3H3/p+1. The molecule has 1 rings (SSSR count). The number of hydrogen-bond acceptors (Lipinski definition) is 2. The van der Waals surface area contributed by atoms with Gasteiger partial charge in [0.2, 0.25) is 0 Å². The lowest BCUT2D eigenvalue weighted by Crippen LogP contribution is -3.04. The number of hydrogen-bond donors (Lipinski definition) is 1. The summed E-state index contributed by atoms with van der Waals surface area (Å²) in [7, 11) is 4.19. The normalized spacial score (nSPS) is 10.3. The van der Waals surface area contributed by atoms with E-state index in [1.54, 1.807) is 0 Å². The minimum Gasteiger partial charge on any atom is -0.427 e. The zero-order valence-electron chi connectivity index (χ0n) is 8.83. The van der Waals surface area contributed by atoms with Gasteiger partial charge in [0.05, 0.1) is 14.1 Å². The van der Waals surface area contributed by atoms with Gasteiger partial charge in [0.1, 0.15) is 12.3 Å². The second-order valence-electron chi connectivity index (χ2n) is 3.62. The van der Waals surface area contributed by atoms with Crippen LogP contribution in [0.25, 0.3) is 0 Å². The lowest BCUT2D eigenvalue weighted by atomic mass is 10.2. The quantitative estimate of drug-likeness (QED) is 0.552. The van der Waals surface area contributed by atoms with E-state index < -0.39 is 0 Å². The summed E-state index contributed by atoms with van der Waals surface area (Å²) in [6, 6.07) is 7.59. The summed E-state index contributed by atoms with van der Waals surface area (Å²) in [5.74, 6) is 0.325. The number of ether oxygens (including phenoxy) is 1. The van der Waals surface area contributed by atoms with Crippen LogP contribution in [0.2, 0.25) is 0 Å². The summed E-state index contributed by atoms with van der Waals surface area (Å²) in [4.78, 5) is 12.0. The molecule has 0 bridgehead atoms. The number of quaternary nitrogens is 1. The summed E-state index contributed by atoms with van der Waals surface area (Å²) >= 11 is 0. The van der Waals surface area contributed by atoms with Crippen LogP contribution in [0, 0.1) is 0 Å². The van der Waals surface area contributed by atoms with Crippen LogP contribution in [-0.2, 0) is 11.3 Å². The Bertz CT molecular complexity index is 304. The van der Waals surface area contributed by atoms with Crippen molar-refractivity contribution in [1.29, 1.82) is 0 Å². The Balaban J connectivity index is 2.63. The van der Waals surface area contributed by atoms with Gasteiger partial charge in [-0.3, -0.25) is 4.79 Å². The van der Waals surface area contributed by atoms with Gasteiger partial charge in [-0.05, 0) is 24.3 Å². The van der Waals surface area contributed by atoms with Crippen molar-refractivity contribution < 1.29 is 14.4 Å². The summed E-state index contributed by atoms with van der Waals surface area (Å²) in [5, 5.41) is 0. The van der Waals surface area contributed by atoms with E-state index in [1.807, 2.05) is 24.3 Å². The fourth-order valence-corrected chi connectivity index (χ4v) is 1.25. The Kier molecular flexibility index (Phi) is 3.65. The molecule has 76 valence electrons. The van der Waals surface area contributed by atoms with Gasteiger partial charge in [0, 0.05) is 12.5 Å². The van der Waals surface area contributed by atoms with Crippen molar-refractivity contribution in [1.82, 2.24) is 0 Å². The maximum absolute atomic E-state index is 10.6. The van der Waals surface area contributed by atoms with Gasteiger partial charge in [0.15, 0.2) is 0 Å². The smallest absolute Gasteiger partial charge is 0.308 e. The van der Waals surface area contributed by atoms with E-state index >= 15 is 0 Å². The number of benzene rings is 1. The predicted molar refractivity (Wildman–Crippen MR) is 54.3 cm³/mol. The number of rotatable bonds is 3. The molecule has 0 saturated heterocycles. The maximum atomic E-state index is 10.6. The Labute approximate surface area is 84.3 Å². The van der Waals surface area contributed by atoms with Crippen LogP contribution < -0.4 is 9.64 Å². The highest BCUT2D eigenvalue weighted by molar-refractivity contribution is 5.69. The summed E-state index contributed by atoms with van der Waals surface area (Å²) in [6.45, 7) is 2.37. The molecule has 0 fully saturated rings. The van der Waals surface area contributed by atoms with Gasteiger partial charge in [-0.15, -0.1) is 0 Å². The Hall–Kier alpha value is -1.35. The van der Waals surface area contributed by atoms with E-state index in [0.717, 1.165) is 6.54 Å². The van der Waals surface area contributed by atoms with Crippen molar-refractivity contribution >= 4 is 5.97 Å². The van der Waals surface area contributed by atoms with E-state index in [4.69, 9.17) is 4.74 Å². The molecule has 0 heterocycles. The van der Waals surface area contributed by atoms with E-state index in [1.165, 1.54) is 17.4 Å². The largest absolute Gasteiger partial charge is 0.427 e. The zero-order chi connectivity index (χ0) is 10.6. The Morgan fingerprint density at radius 3 is 2.29 bits per heavy atom. The molecule has 3 heteroatoms. The van der Waals surface area contributed by atoms with Crippen molar-refractivity contribution in [2.24, 2.45) is 0 Å². The first kappa shape index (κ1) is 10.7. The first-order chi connectivity index (χ1) is 6.58. The number of nitrogens with one attached hydrogen (secondary N) is 1. The van der Waals surface area contributed by atoms with Crippen LogP contribution in [-0.4, -0.2) is 20.1 Å². The SMILES string of the molecule is CC(=O)Oc1ccc(C[NH+](C)C)cc1.